The van der Waals surface area contributed by atoms with E-state index in [1.165, 1.54) is 16.7 Å². The number of hydrogen-bond acceptors (Lipinski definition) is 4. The molecule has 0 bridgehead atoms. The molecule has 0 spiro atoms. The first-order chi connectivity index (χ1) is 13.6. The third kappa shape index (κ3) is 4.02. The predicted octanol–water partition coefficient (Wildman–Crippen LogP) is 4.83. The summed E-state index contributed by atoms with van der Waals surface area (Å²) in [4.78, 5) is 27.1. The topological polar surface area (TPSA) is 62.6 Å². The van der Waals surface area contributed by atoms with Crippen molar-refractivity contribution in [1.82, 2.24) is 10.2 Å². The summed E-state index contributed by atoms with van der Waals surface area (Å²) < 4.78 is 5.76. The zero-order chi connectivity index (χ0) is 19.5. The lowest BCUT2D eigenvalue weighted by molar-refractivity contribution is -0.123. The molecule has 6 heteroatoms. The fourth-order valence-electron chi connectivity index (χ4n) is 2.81. The number of imide groups is 1. The van der Waals surface area contributed by atoms with Crippen molar-refractivity contribution in [2.45, 2.75) is 23.5 Å². The molecular formula is C22H18N2O3S. The van der Waals surface area contributed by atoms with Crippen LogP contribution in [0, 0.1) is 6.92 Å². The number of aryl methyl sites for hydroxylation is 1. The minimum absolute atomic E-state index is 0.211. The Morgan fingerprint density at radius 2 is 1.75 bits per heavy atom. The van der Waals surface area contributed by atoms with Gasteiger partial charge in [-0.3, -0.25) is 9.69 Å². The summed E-state index contributed by atoms with van der Waals surface area (Å²) >= 11 is 1.49. The van der Waals surface area contributed by atoms with Crippen LogP contribution in [0.25, 0.3) is 6.08 Å². The van der Waals surface area contributed by atoms with Crippen LogP contribution in [0.2, 0.25) is 0 Å². The normalized spacial score (nSPS) is 15.3. The molecule has 1 aromatic heterocycles. The Morgan fingerprint density at radius 1 is 1.00 bits per heavy atom. The van der Waals surface area contributed by atoms with E-state index in [0.29, 0.717) is 10.9 Å². The maximum atomic E-state index is 12.6. The summed E-state index contributed by atoms with van der Waals surface area (Å²) in [6.07, 6.45) is 1.56. The average molecular weight is 390 g/mol. The number of nitrogens with one attached hydrogen (secondary N) is 1. The van der Waals surface area contributed by atoms with Gasteiger partial charge in [0.2, 0.25) is 0 Å². The van der Waals surface area contributed by atoms with E-state index in [0.717, 1.165) is 16.0 Å². The number of hydrogen-bond donors (Lipinski definition) is 1. The summed E-state index contributed by atoms with van der Waals surface area (Å²) in [5.41, 5.74) is 2.24. The smallest absolute Gasteiger partial charge is 0.329 e. The molecule has 2 aromatic carbocycles. The quantitative estimate of drug-likeness (QED) is 0.501. The maximum absolute atomic E-state index is 12.6. The van der Waals surface area contributed by atoms with Gasteiger partial charge < -0.3 is 9.73 Å². The van der Waals surface area contributed by atoms with E-state index >= 15 is 0 Å². The number of benzene rings is 2. The molecule has 1 aliphatic heterocycles. The zero-order valence-electron chi connectivity index (χ0n) is 15.2. The minimum atomic E-state index is -0.428. The first-order valence-corrected chi connectivity index (χ1v) is 9.63. The molecule has 3 aromatic rings. The Morgan fingerprint density at radius 3 is 2.50 bits per heavy atom. The molecule has 28 heavy (non-hydrogen) atoms. The second kappa shape index (κ2) is 7.78. The number of urea groups is 1. The second-order valence-corrected chi connectivity index (χ2v) is 7.51. The standard InChI is InChI=1S/C22H18N2O3S/c1-15-7-9-16(10-8-15)14-24-21(25)19(23-22(24)26)13-17-11-12-20(27-17)28-18-5-3-2-4-6-18/h2-13H,14H2,1H3,(H,23,26)/b19-13+. The number of carbonyl (C=O) groups is 2. The van der Waals surface area contributed by atoms with E-state index in [1.807, 2.05) is 67.6 Å². The summed E-state index contributed by atoms with van der Waals surface area (Å²) in [5.74, 6) is 0.151. The molecule has 0 unspecified atom stereocenters. The van der Waals surface area contributed by atoms with E-state index in [1.54, 1.807) is 12.1 Å². The summed E-state index contributed by atoms with van der Waals surface area (Å²) in [5, 5.41) is 3.34. The van der Waals surface area contributed by atoms with Crippen molar-refractivity contribution < 1.29 is 14.0 Å². The molecule has 1 N–H and O–H groups in total. The van der Waals surface area contributed by atoms with Crippen molar-refractivity contribution in [3.63, 3.8) is 0 Å². The van der Waals surface area contributed by atoms with Crippen molar-refractivity contribution in [2.75, 3.05) is 0 Å². The second-order valence-electron chi connectivity index (χ2n) is 6.44. The van der Waals surface area contributed by atoms with Gasteiger partial charge in [-0.25, -0.2) is 4.79 Å². The SMILES string of the molecule is Cc1ccc(CN2C(=O)N/C(=C/c3ccc(Sc4ccccc4)o3)C2=O)cc1. The van der Waals surface area contributed by atoms with Gasteiger partial charge >= 0.3 is 6.03 Å². The van der Waals surface area contributed by atoms with E-state index in [2.05, 4.69) is 5.32 Å². The van der Waals surface area contributed by atoms with Crippen molar-refractivity contribution in [1.29, 1.82) is 0 Å². The highest BCUT2D eigenvalue weighted by Gasteiger charge is 2.33. The largest absolute Gasteiger partial charge is 0.450 e. The van der Waals surface area contributed by atoms with Gasteiger partial charge in [0.15, 0.2) is 5.09 Å². The van der Waals surface area contributed by atoms with Crippen LogP contribution in [0.3, 0.4) is 0 Å². The van der Waals surface area contributed by atoms with Crippen LogP contribution in [-0.2, 0) is 11.3 Å². The summed E-state index contributed by atoms with van der Waals surface area (Å²) in [6, 6.07) is 20.8. The first-order valence-electron chi connectivity index (χ1n) is 8.81. The summed E-state index contributed by atoms with van der Waals surface area (Å²) in [7, 11) is 0. The molecule has 0 aliphatic carbocycles. The lowest BCUT2D eigenvalue weighted by Gasteiger charge is -2.11. The number of carbonyl (C=O) groups excluding carboxylic acids is 2. The van der Waals surface area contributed by atoms with Crippen molar-refractivity contribution >= 4 is 29.8 Å². The zero-order valence-corrected chi connectivity index (χ0v) is 16.0. The van der Waals surface area contributed by atoms with E-state index in [4.69, 9.17) is 4.42 Å². The lowest BCUT2D eigenvalue weighted by Crippen LogP contribution is -2.30. The molecule has 140 valence electrons. The maximum Gasteiger partial charge on any atom is 0.329 e. The summed E-state index contributed by atoms with van der Waals surface area (Å²) in [6.45, 7) is 2.22. The Labute approximate surface area is 167 Å². The van der Waals surface area contributed by atoms with Gasteiger partial charge in [-0.15, -0.1) is 0 Å². The predicted molar refractivity (Wildman–Crippen MR) is 108 cm³/mol. The van der Waals surface area contributed by atoms with Gasteiger partial charge in [-0.2, -0.15) is 0 Å². The molecule has 1 saturated heterocycles. The van der Waals surface area contributed by atoms with Crippen molar-refractivity contribution in [3.8, 4) is 0 Å². The van der Waals surface area contributed by atoms with Crippen molar-refractivity contribution in [3.05, 3.63) is 89.3 Å². The number of furan rings is 1. The Kier molecular flexibility index (Phi) is 5.04. The fraction of sp³-hybridized carbons (Fsp3) is 0.0909. The Balaban J connectivity index is 1.47. The third-order valence-corrected chi connectivity index (χ3v) is 5.20. The molecule has 0 saturated carbocycles. The van der Waals surface area contributed by atoms with Gasteiger partial charge in [0.1, 0.15) is 11.5 Å². The van der Waals surface area contributed by atoms with Gasteiger partial charge in [0.25, 0.3) is 5.91 Å². The highest BCUT2D eigenvalue weighted by molar-refractivity contribution is 7.99. The molecule has 5 nitrogen and oxygen atoms in total. The van der Waals surface area contributed by atoms with Gasteiger partial charge in [0, 0.05) is 11.0 Å². The minimum Gasteiger partial charge on any atom is -0.450 e. The average Bonchev–Trinajstić information content (AvgIpc) is 3.24. The molecule has 1 aliphatic rings. The molecule has 0 atom stereocenters. The van der Waals surface area contributed by atoms with Crippen LogP contribution < -0.4 is 5.32 Å². The molecule has 1 fully saturated rings. The van der Waals surface area contributed by atoms with Crippen LogP contribution in [0.1, 0.15) is 16.9 Å². The molecule has 0 radical (unpaired) electrons. The highest BCUT2D eigenvalue weighted by Crippen LogP contribution is 2.29. The highest BCUT2D eigenvalue weighted by atomic mass is 32.2. The van der Waals surface area contributed by atoms with Crippen LogP contribution in [0.15, 0.2) is 86.8 Å². The van der Waals surface area contributed by atoms with Gasteiger partial charge in [-0.05, 0) is 36.8 Å². The fourth-order valence-corrected chi connectivity index (χ4v) is 3.60. The first kappa shape index (κ1) is 18.1. The van der Waals surface area contributed by atoms with E-state index < -0.39 is 6.03 Å². The Bertz CT molecular complexity index is 1040. The monoisotopic (exact) mass is 390 g/mol. The molecule has 3 amide bonds. The Hall–Kier alpha value is -3.25. The third-order valence-electron chi connectivity index (χ3n) is 4.27. The van der Waals surface area contributed by atoms with Crippen LogP contribution in [0.4, 0.5) is 4.79 Å². The van der Waals surface area contributed by atoms with Crippen molar-refractivity contribution in [2.24, 2.45) is 0 Å². The van der Waals surface area contributed by atoms with Crippen LogP contribution >= 0.6 is 11.8 Å². The molecule has 2 heterocycles. The van der Waals surface area contributed by atoms with Gasteiger partial charge in [-0.1, -0.05) is 59.8 Å². The van der Waals surface area contributed by atoms with E-state index in [9.17, 15) is 9.59 Å². The number of amides is 3. The van der Waals surface area contributed by atoms with E-state index in [-0.39, 0.29) is 18.1 Å². The van der Waals surface area contributed by atoms with Crippen LogP contribution in [-0.4, -0.2) is 16.8 Å². The molecular weight excluding hydrogens is 372 g/mol. The number of nitrogens with zero attached hydrogens (tertiary/aromatic N) is 1. The molecule has 4 rings (SSSR count). The lowest BCUT2D eigenvalue weighted by atomic mass is 10.1. The van der Waals surface area contributed by atoms with Gasteiger partial charge in [0.05, 0.1) is 6.54 Å². The van der Waals surface area contributed by atoms with Crippen LogP contribution in [0.5, 0.6) is 0 Å². The number of rotatable bonds is 5.